The second-order valence-electron chi connectivity index (χ2n) is 6.18. The third kappa shape index (κ3) is 8.27. The third-order valence-electron chi connectivity index (χ3n) is 1.93. The summed E-state index contributed by atoms with van der Waals surface area (Å²) in [5, 5.41) is 0. The summed E-state index contributed by atoms with van der Waals surface area (Å²) < 4.78 is 39.0. The molecule has 0 radical (unpaired) electrons. The average Bonchev–Trinajstić information content (AvgIpc) is 1.93. The van der Waals surface area contributed by atoms with Gasteiger partial charge in [0.2, 0.25) is 0 Å². The number of ether oxygens (including phenoxy) is 1. The summed E-state index contributed by atoms with van der Waals surface area (Å²) in [6.07, 6.45) is -0.563. The van der Waals surface area contributed by atoms with Crippen LogP contribution < -0.4 is 0 Å². The van der Waals surface area contributed by atoms with Crippen molar-refractivity contribution in [1.29, 1.82) is 0 Å². The van der Waals surface area contributed by atoms with Gasteiger partial charge in [-0.05, 0) is 26.2 Å². The largest absolute Gasteiger partial charge is 0.444 e. The minimum absolute atomic E-state index is 0.0884. The molecule has 0 aromatic heterocycles. The molecule has 0 aliphatic carbocycles. The minimum atomic E-state index is -4.57. The molecule has 1 amide bonds. The number of carbonyl (C=O) groups excluding carboxylic acids is 1. The molecule has 0 bridgehead atoms. The van der Waals surface area contributed by atoms with Crippen molar-refractivity contribution in [2.24, 2.45) is 5.41 Å². The third-order valence-corrected chi connectivity index (χ3v) is 3.06. The molecule has 0 saturated carbocycles. The van der Waals surface area contributed by atoms with E-state index >= 15 is 0 Å². The zero-order chi connectivity index (χ0) is 14.8. The topological polar surface area (TPSA) is 63.7 Å². The Morgan fingerprint density at radius 3 is 2.00 bits per heavy atom. The van der Waals surface area contributed by atoms with Crippen LogP contribution in [0.5, 0.6) is 0 Å². The van der Waals surface area contributed by atoms with Crippen molar-refractivity contribution >= 4 is 16.3 Å². The number of amides is 1. The Hall–Kier alpha value is -0.850. The monoisotopic (exact) mass is 283 g/mol. The summed E-state index contributed by atoms with van der Waals surface area (Å²) in [5.41, 5.74) is -1.50. The predicted octanol–water partition coefficient (Wildman–Crippen LogP) is 2.18. The fraction of sp³-hybridized carbons (Fsp3) is 0.909. The lowest BCUT2D eigenvalue weighted by atomic mass is 9.96. The first-order chi connectivity index (χ1) is 7.72. The van der Waals surface area contributed by atoms with Crippen LogP contribution >= 0.6 is 0 Å². The summed E-state index contributed by atoms with van der Waals surface area (Å²) in [7, 11) is -3.08. The lowest BCUT2D eigenvalue weighted by Crippen LogP contribution is -2.41. The smallest absolute Gasteiger partial charge is 0.410 e. The van der Waals surface area contributed by atoms with Gasteiger partial charge in [-0.25, -0.2) is 4.79 Å². The van der Waals surface area contributed by atoms with E-state index in [1.54, 1.807) is 34.6 Å². The van der Waals surface area contributed by atoms with E-state index in [9.17, 15) is 17.1 Å². The SMILES string of the molecule is CN(CC(C)(C)CS(=O)(=O)F)C(=O)OC(C)(C)C. The van der Waals surface area contributed by atoms with Gasteiger partial charge in [0.25, 0.3) is 0 Å². The molecule has 18 heavy (non-hydrogen) atoms. The molecule has 0 aliphatic rings. The predicted molar refractivity (Wildman–Crippen MR) is 67.5 cm³/mol. The molecule has 0 saturated heterocycles. The van der Waals surface area contributed by atoms with Crippen molar-refractivity contribution in [1.82, 2.24) is 4.90 Å². The average molecular weight is 283 g/mol. The van der Waals surface area contributed by atoms with Gasteiger partial charge in [-0.15, -0.1) is 3.89 Å². The van der Waals surface area contributed by atoms with Crippen LogP contribution in [0.3, 0.4) is 0 Å². The van der Waals surface area contributed by atoms with Crippen LogP contribution in [-0.2, 0) is 15.0 Å². The van der Waals surface area contributed by atoms with Crippen molar-refractivity contribution in [2.75, 3.05) is 19.3 Å². The molecule has 108 valence electrons. The Balaban J connectivity index is 4.56. The Labute approximate surface area is 109 Å². The van der Waals surface area contributed by atoms with E-state index < -0.39 is 33.1 Å². The summed E-state index contributed by atoms with van der Waals surface area (Å²) in [4.78, 5) is 12.9. The highest BCUT2D eigenvalue weighted by Crippen LogP contribution is 2.21. The second kappa shape index (κ2) is 5.42. The number of nitrogens with zero attached hydrogens (tertiary/aromatic N) is 1. The molecular weight excluding hydrogens is 261 g/mol. The molecule has 0 spiro atoms. The van der Waals surface area contributed by atoms with E-state index in [2.05, 4.69) is 0 Å². The minimum Gasteiger partial charge on any atom is -0.444 e. The molecule has 0 aromatic carbocycles. The molecular formula is C11H22FNO4S. The summed E-state index contributed by atoms with van der Waals surface area (Å²) in [6.45, 7) is 8.43. The van der Waals surface area contributed by atoms with Crippen molar-refractivity contribution in [2.45, 2.75) is 40.2 Å². The van der Waals surface area contributed by atoms with Crippen LogP contribution in [0.2, 0.25) is 0 Å². The van der Waals surface area contributed by atoms with E-state index in [-0.39, 0.29) is 6.54 Å². The lowest BCUT2D eigenvalue weighted by molar-refractivity contribution is 0.0246. The lowest BCUT2D eigenvalue weighted by Gasteiger charge is -2.30. The first-order valence-electron chi connectivity index (χ1n) is 5.58. The van der Waals surface area contributed by atoms with Gasteiger partial charge in [0.1, 0.15) is 5.60 Å². The molecule has 0 heterocycles. The molecule has 0 atom stereocenters. The molecule has 7 heteroatoms. The standard InChI is InChI=1S/C11H22FNO4S/c1-10(2,3)17-9(14)13(6)7-11(4,5)8-18(12,15)16/h7-8H2,1-6H3. The fourth-order valence-corrected chi connectivity index (χ4v) is 2.58. The van der Waals surface area contributed by atoms with Crippen LogP contribution in [0.4, 0.5) is 8.68 Å². The first-order valence-corrected chi connectivity index (χ1v) is 7.14. The van der Waals surface area contributed by atoms with Gasteiger partial charge in [0, 0.05) is 13.6 Å². The van der Waals surface area contributed by atoms with E-state index in [0.717, 1.165) is 0 Å². The van der Waals surface area contributed by atoms with Crippen LogP contribution in [0, 0.1) is 5.41 Å². The Bertz CT molecular complexity index is 398. The molecule has 0 aliphatic heterocycles. The van der Waals surface area contributed by atoms with Gasteiger partial charge in [-0.2, -0.15) is 8.42 Å². The number of rotatable bonds is 4. The first kappa shape index (κ1) is 17.2. The van der Waals surface area contributed by atoms with Gasteiger partial charge in [0.15, 0.2) is 0 Å². The number of hydrogen-bond donors (Lipinski definition) is 0. The number of halogens is 1. The normalized spacial score (nSPS) is 13.3. The number of carbonyl (C=O) groups is 1. The Kier molecular flexibility index (Phi) is 5.16. The van der Waals surface area contributed by atoms with Gasteiger partial charge in [-0.3, -0.25) is 0 Å². The maximum absolute atomic E-state index is 12.6. The Morgan fingerprint density at radius 2 is 1.67 bits per heavy atom. The van der Waals surface area contributed by atoms with E-state index in [1.807, 2.05) is 0 Å². The van der Waals surface area contributed by atoms with Crippen LogP contribution in [-0.4, -0.2) is 44.4 Å². The molecule has 0 unspecified atom stereocenters. The van der Waals surface area contributed by atoms with Crippen LogP contribution in [0.25, 0.3) is 0 Å². The fourth-order valence-electron chi connectivity index (χ4n) is 1.56. The highest BCUT2D eigenvalue weighted by atomic mass is 32.3. The highest BCUT2D eigenvalue weighted by Gasteiger charge is 2.30. The van der Waals surface area contributed by atoms with Gasteiger partial charge < -0.3 is 9.64 Å². The van der Waals surface area contributed by atoms with E-state index in [1.165, 1.54) is 11.9 Å². The van der Waals surface area contributed by atoms with Crippen LogP contribution in [0.15, 0.2) is 0 Å². The Morgan fingerprint density at radius 1 is 1.22 bits per heavy atom. The molecule has 0 fully saturated rings. The highest BCUT2D eigenvalue weighted by molar-refractivity contribution is 7.86. The molecule has 0 aromatic rings. The molecule has 0 N–H and O–H groups in total. The zero-order valence-electron chi connectivity index (χ0n) is 11.8. The number of hydrogen-bond acceptors (Lipinski definition) is 4. The van der Waals surface area contributed by atoms with Crippen molar-refractivity contribution in [3.8, 4) is 0 Å². The van der Waals surface area contributed by atoms with E-state index in [4.69, 9.17) is 4.74 Å². The quantitative estimate of drug-likeness (QED) is 0.742. The molecule has 5 nitrogen and oxygen atoms in total. The van der Waals surface area contributed by atoms with Gasteiger partial charge in [0.05, 0.1) is 5.75 Å². The summed E-state index contributed by atoms with van der Waals surface area (Å²) in [6, 6.07) is 0. The summed E-state index contributed by atoms with van der Waals surface area (Å²) >= 11 is 0. The van der Waals surface area contributed by atoms with Crippen molar-refractivity contribution in [3.63, 3.8) is 0 Å². The zero-order valence-corrected chi connectivity index (χ0v) is 12.6. The van der Waals surface area contributed by atoms with Gasteiger partial charge in [-0.1, -0.05) is 13.8 Å². The van der Waals surface area contributed by atoms with Crippen molar-refractivity contribution < 1.29 is 21.8 Å². The second-order valence-corrected chi connectivity index (χ2v) is 7.55. The van der Waals surface area contributed by atoms with Crippen LogP contribution in [0.1, 0.15) is 34.6 Å². The maximum Gasteiger partial charge on any atom is 0.410 e. The van der Waals surface area contributed by atoms with E-state index in [0.29, 0.717) is 0 Å². The summed E-state index contributed by atoms with van der Waals surface area (Å²) in [5.74, 6) is -0.632. The molecule has 0 rings (SSSR count). The maximum atomic E-state index is 12.6. The van der Waals surface area contributed by atoms with Gasteiger partial charge >= 0.3 is 16.3 Å². The van der Waals surface area contributed by atoms with Crippen molar-refractivity contribution in [3.05, 3.63) is 0 Å².